The number of ether oxygens (including phenoxy) is 2. The lowest BCUT2D eigenvalue weighted by Crippen LogP contribution is -2.48. The van der Waals surface area contributed by atoms with Crippen LogP contribution in [0.3, 0.4) is 0 Å². The van der Waals surface area contributed by atoms with E-state index in [1.807, 2.05) is 49.6 Å². The minimum atomic E-state index is -0.854. The number of nitrogens with zero attached hydrogens (tertiary/aromatic N) is 2. The summed E-state index contributed by atoms with van der Waals surface area (Å²) in [5.74, 6) is -0.0881. The SMILES string of the molecule is CC(C)CC(C(=O)Nc1nc(-c2ccc3c(c2)OCCO3)cs1)N1C(=O)C2CC=CCC2C1=O. The first kappa shape index (κ1) is 22.6. The molecule has 0 bridgehead atoms. The van der Waals surface area contributed by atoms with Gasteiger partial charge in [0.1, 0.15) is 19.3 Å². The number of nitrogens with one attached hydrogen (secondary N) is 1. The number of carbonyl (C=O) groups is 3. The first-order chi connectivity index (χ1) is 16.4. The lowest BCUT2D eigenvalue weighted by molar-refractivity contribution is -0.147. The second-order valence-electron chi connectivity index (χ2n) is 9.23. The van der Waals surface area contributed by atoms with E-state index < -0.39 is 6.04 Å². The Morgan fingerprint density at radius 2 is 1.79 bits per heavy atom. The van der Waals surface area contributed by atoms with Crippen LogP contribution in [-0.4, -0.2) is 46.9 Å². The van der Waals surface area contributed by atoms with Gasteiger partial charge >= 0.3 is 0 Å². The molecule has 0 radical (unpaired) electrons. The Morgan fingerprint density at radius 1 is 1.12 bits per heavy atom. The zero-order chi connectivity index (χ0) is 23.8. The van der Waals surface area contributed by atoms with E-state index in [0.717, 1.165) is 5.56 Å². The highest BCUT2D eigenvalue weighted by molar-refractivity contribution is 7.14. The molecule has 3 atom stereocenters. The number of rotatable bonds is 6. The van der Waals surface area contributed by atoms with Crippen molar-refractivity contribution in [3.8, 4) is 22.8 Å². The highest BCUT2D eigenvalue weighted by Crippen LogP contribution is 2.38. The van der Waals surface area contributed by atoms with Crippen LogP contribution in [0.15, 0.2) is 35.7 Å². The fourth-order valence-electron chi connectivity index (χ4n) is 4.76. The van der Waals surface area contributed by atoms with Gasteiger partial charge in [-0.15, -0.1) is 11.3 Å². The number of anilines is 1. The van der Waals surface area contributed by atoms with Crippen molar-refractivity contribution >= 4 is 34.2 Å². The number of carbonyl (C=O) groups excluding carboxylic acids is 3. The average Bonchev–Trinajstić information content (AvgIpc) is 3.40. The molecule has 34 heavy (non-hydrogen) atoms. The maximum atomic E-state index is 13.3. The Hall–Kier alpha value is -3.20. The number of thiazole rings is 1. The van der Waals surface area contributed by atoms with Gasteiger partial charge in [-0.05, 0) is 43.4 Å². The molecule has 1 aromatic carbocycles. The van der Waals surface area contributed by atoms with Crippen LogP contribution >= 0.6 is 11.3 Å². The summed E-state index contributed by atoms with van der Waals surface area (Å²) in [7, 11) is 0. The predicted octanol–water partition coefficient (Wildman–Crippen LogP) is 3.89. The molecule has 8 nitrogen and oxygen atoms in total. The summed E-state index contributed by atoms with van der Waals surface area (Å²) >= 11 is 1.30. The molecule has 9 heteroatoms. The molecule has 2 aliphatic heterocycles. The van der Waals surface area contributed by atoms with E-state index in [0.29, 0.717) is 54.8 Å². The molecule has 0 spiro atoms. The Morgan fingerprint density at radius 3 is 2.47 bits per heavy atom. The Kier molecular flexibility index (Phi) is 6.12. The molecular formula is C25H27N3O5S. The van der Waals surface area contributed by atoms with Crippen molar-refractivity contribution < 1.29 is 23.9 Å². The third kappa shape index (κ3) is 4.20. The molecule has 1 saturated heterocycles. The fraction of sp³-hybridized carbons (Fsp3) is 0.440. The second kappa shape index (κ2) is 9.21. The highest BCUT2D eigenvalue weighted by atomic mass is 32.1. The maximum Gasteiger partial charge on any atom is 0.249 e. The molecule has 3 unspecified atom stereocenters. The lowest BCUT2D eigenvalue weighted by Gasteiger charge is -2.27. The van der Waals surface area contributed by atoms with Crippen molar-refractivity contribution in [2.75, 3.05) is 18.5 Å². The number of hydrogen-bond donors (Lipinski definition) is 1. The number of aromatic nitrogens is 1. The summed E-state index contributed by atoms with van der Waals surface area (Å²) in [5.41, 5.74) is 1.55. The van der Waals surface area contributed by atoms with Crippen molar-refractivity contribution in [2.24, 2.45) is 17.8 Å². The molecule has 178 valence electrons. The fourth-order valence-corrected chi connectivity index (χ4v) is 5.49. The monoisotopic (exact) mass is 481 g/mol. The van der Waals surface area contributed by atoms with Crippen LogP contribution in [0.1, 0.15) is 33.1 Å². The van der Waals surface area contributed by atoms with E-state index in [-0.39, 0.29) is 35.5 Å². The standard InChI is InChI=1S/C25H27N3O5S/c1-14(2)11-19(28-23(30)16-5-3-4-6-17(16)24(28)31)22(29)27-25-26-18(13-34-25)15-7-8-20-21(12-15)33-10-9-32-20/h3-4,7-8,12-14,16-17,19H,5-6,9-11H2,1-2H3,(H,26,27,29). The maximum absolute atomic E-state index is 13.3. The van der Waals surface area contributed by atoms with E-state index in [1.165, 1.54) is 16.2 Å². The summed E-state index contributed by atoms with van der Waals surface area (Å²) < 4.78 is 11.2. The number of likely N-dealkylation sites (tertiary alicyclic amines) is 1. The van der Waals surface area contributed by atoms with Gasteiger partial charge in [0.25, 0.3) is 0 Å². The third-order valence-corrected chi connectivity index (χ3v) is 7.18. The summed E-state index contributed by atoms with van der Waals surface area (Å²) in [6, 6.07) is 4.76. The first-order valence-electron chi connectivity index (χ1n) is 11.6. The summed E-state index contributed by atoms with van der Waals surface area (Å²) in [6.45, 7) is 4.97. The zero-order valence-electron chi connectivity index (χ0n) is 19.2. The van der Waals surface area contributed by atoms with E-state index in [1.54, 1.807) is 0 Å². The Balaban J connectivity index is 1.34. The average molecular weight is 482 g/mol. The first-order valence-corrected chi connectivity index (χ1v) is 12.5. The number of amides is 3. The predicted molar refractivity (Wildman–Crippen MR) is 128 cm³/mol. The van der Waals surface area contributed by atoms with E-state index in [9.17, 15) is 14.4 Å². The summed E-state index contributed by atoms with van der Waals surface area (Å²) in [4.78, 5) is 45.3. The largest absolute Gasteiger partial charge is 0.486 e. The topological polar surface area (TPSA) is 97.8 Å². The molecule has 1 fully saturated rings. The summed E-state index contributed by atoms with van der Waals surface area (Å²) in [5, 5.41) is 5.12. The lowest BCUT2D eigenvalue weighted by atomic mass is 9.85. The molecule has 0 saturated carbocycles. The quantitative estimate of drug-likeness (QED) is 0.497. The minimum absolute atomic E-state index is 0.127. The highest BCUT2D eigenvalue weighted by Gasteiger charge is 2.51. The van der Waals surface area contributed by atoms with Gasteiger partial charge < -0.3 is 14.8 Å². The number of imide groups is 1. The number of hydrogen-bond acceptors (Lipinski definition) is 7. The van der Waals surface area contributed by atoms with Crippen LogP contribution < -0.4 is 14.8 Å². The molecule has 1 aliphatic carbocycles. The smallest absolute Gasteiger partial charge is 0.249 e. The molecular weight excluding hydrogens is 454 g/mol. The number of fused-ring (bicyclic) bond motifs is 2. The normalized spacial score (nSPS) is 22.1. The van der Waals surface area contributed by atoms with Crippen LogP contribution in [0.4, 0.5) is 5.13 Å². The molecule has 3 heterocycles. The van der Waals surface area contributed by atoms with Gasteiger partial charge in [-0.1, -0.05) is 26.0 Å². The third-order valence-electron chi connectivity index (χ3n) is 6.42. The van der Waals surface area contributed by atoms with Crippen molar-refractivity contribution in [3.63, 3.8) is 0 Å². The minimum Gasteiger partial charge on any atom is -0.486 e. The zero-order valence-corrected chi connectivity index (χ0v) is 20.0. The van der Waals surface area contributed by atoms with Gasteiger partial charge in [0.15, 0.2) is 16.6 Å². The van der Waals surface area contributed by atoms with Crippen molar-refractivity contribution in [2.45, 2.75) is 39.2 Å². The Labute approximate surface area is 202 Å². The van der Waals surface area contributed by atoms with Crippen LogP contribution in [0.25, 0.3) is 11.3 Å². The van der Waals surface area contributed by atoms with E-state index in [4.69, 9.17) is 9.47 Å². The van der Waals surface area contributed by atoms with E-state index in [2.05, 4.69) is 10.3 Å². The molecule has 1 N–H and O–H groups in total. The van der Waals surface area contributed by atoms with Crippen LogP contribution in [0.5, 0.6) is 11.5 Å². The van der Waals surface area contributed by atoms with Gasteiger partial charge in [0.2, 0.25) is 17.7 Å². The van der Waals surface area contributed by atoms with Crippen molar-refractivity contribution in [3.05, 3.63) is 35.7 Å². The van der Waals surface area contributed by atoms with E-state index >= 15 is 0 Å². The van der Waals surface area contributed by atoms with Gasteiger partial charge in [0, 0.05) is 10.9 Å². The molecule has 2 aromatic rings. The summed E-state index contributed by atoms with van der Waals surface area (Å²) in [6.07, 6.45) is 5.39. The number of allylic oxidation sites excluding steroid dienone is 2. The van der Waals surface area contributed by atoms with Gasteiger partial charge in [-0.3, -0.25) is 19.3 Å². The van der Waals surface area contributed by atoms with Crippen LogP contribution in [0, 0.1) is 17.8 Å². The number of benzene rings is 1. The molecule has 5 rings (SSSR count). The molecule has 3 aliphatic rings. The Bertz CT molecular complexity index is 1130. The second-order valence-corrected chi connectivity index (χ2v) is 10.1. The van der Waals surface area contributed by atoms with Crippen molar-refractivity contribution in [1.29, 1.82) is 0 Å². The van der Waals surface area contributed by atoms with Gasteiger partial charge in [-0.2, -0.15) is 0 Å². The molecule has 3 amide bonds. The van der Waals surface area contributed by atoms with Crippen molar-refractivity contribution in [1.82, 2.24) is 9.88 Å². The molecule has 1 aromatic heterocycles. The van der Waals surface area contributed by atoms with Gasteiger partial charge in [0.05, 0.1) is 17.5 Å². The van der Waals surface area contributed by atoms with Crippen LogP contribution in [0.2, 0.25) is 0 Å². The van der Waals surface area contributed by atoms with Gasteiger partial charge in [-0.25, -0.2) is 4.98 Å². The van der Waals surface area contributed by atoms with Crippen LogP contribution in [-0.2, 0) is 14.4 Å².